The molecule has 0 aromatic heterocycles. The van der Waals surface area contributed by atoms with E-state index < -0.39 is 6.04 Å². The van der Waals surface area contributed by atoms with Crippen molar-refractivity contribution in [2.24, 2.45) is 0 Å². The quantitative estimate of drug-likeness (QED) is 0.515. The lowest BCUT2D eigenvalue weighted by molar-refractivity contribution is -0.138. The lowest BCUT2D eigenvalue weighted by Gasteiger charge is -2.29. The molecule has 168 valence electrons. The first kappa shape index (κ1) is 25.1. The third kappa shape index (κ3) is 8.11. The van der Waals surface area contributed by atoms with Gasteiger partial charge >= 0.3 is 0 Å². The van der Waals surface area contributed by atoms with Crippen LogP contribution in [0, 0.1) is 0 Å². The number of hydrogen-bond donors (Lipinski definition) is 1. The number of nitrogens with one attached hydrogen (secondary N) is 1. The van der Waals surface area contributed by atoms with Gasteiger partial charge in [0, 0.05) is 23.4 Å². The highest BCUT2D eigenvalue weighted by molar-refractivity contribution is 7.99. The van der Waals surface area contributed by atoms with E-state index in [1.54, 1.807) is 18.9 Å². The average molecular weight is 463 g/mol. The van der Waals surface area contributed by atoms with E-state index in [1.807, 2.05) is 62.4 Å². The van der Waals surface area contributed by atoms with Crippen LogP contribution in [0.1, 0.15) is 38.3 Å². The Morgan fingerprint density at radius 1 is 1.13 bits per heavy atom. The molecule has 0 aliphatic carbocycles. The van der Waals surface area contributed by atoms with Gasteiger partial charge in [0.05, 0.1) is 12.9 Å². The first-order valence-corrected chi connectivity index (χ1v) is 11.9. The van der Waals surface area contributed by atoms with Gasteiger partial charge in [0.25, 0.3) is 0 Å². The summed E-state index contributed by atoms with van der Waals surface area (Å²) < 4.78 is 5.21. The molecule has 0 radical (unpaired) electrons. The second kappa shape index (κ2) is 12.6. The topological polar surface area (TPSA) is 58.6 Å². The normalized spacial score (nSPS) is 12.7. The number of amides is 2. The number of carbonyl (C=O) groups excluding carboxylic acids is 2. The van der Waals surface area contributed by atoms with Gasteiger partial charge in [0.1, 0.15) is 11.8 Å². The number of thioether (sulfide) groups is 1. The Hall–Kier alpha value is -2.18. The van der Waals surface area contributed by atoms with Crippen LogP contribution in [0.25, 0.3) is 0 Å². The molecule has 0 fully saturated rings. The summed E-state index contributed by atoms with van der Waals surface area (Å²) >= 11 is 7.55. The van der Waals surface area contributed by atoms with Crippen LogP contribution in [0.4, 0.5) is 0 Å². The van der Waals surface area contributed by atoms with Gasteiger partial charge in [-0.05, 0) is 55.7 Å². The molecule has 2 aromatic carbocycles. The van der Waals surface area contributed by atoms with Crippen LogP contribution in [0.5, 0.6) is 5.75 Å². The minimum Gasteiger partial charge on any atom is -0.497 e. The zero-order chi connectivity index (χ0) is 22.8. The molecule has 2 aromatic rings. The fourth-order valence-electron chi connectivity index (χ4n) is 2.94. The Labute approximate surface area is 194 Å². The van der Waals surface area contributed by atoms with Crippen molar-refractivity contribution in [3.05, 3.63) is 64.7 Å². The number of carbonyl (C=O) groups is 2. The van der Waals surface area contributed by atoms with E-state index in [-0.39, 0.29) is 23.6 Å². The Morgan fingerprint density at radius 2 is 1.84 bits per heavy atom. The Kier molecular flexibility index (Phi) is 10.2. The third-order valence-corrected chi connectivity index (χ3v) is 6.29. The van der Waals surface area contributed by atoms with Crippen LogP contribution in [0.3, 0.4) is 0 Å². The summed E-state index contributed by atoms with van der Waals surface area (Å²) in [5.41, 5.74) is 2.01. The van der Waals surface area contributed by atoms with Crippen molar-refractivity contribution in [1.29, 1.82) is 0 Å². The molecule has 1 N–H and O–H groups in total. The number of rotatable bonds is 11. The van der Waals surface area contributed by atoms with Gasteiger partial charge in [0.2, 0.25) is 11.8 Å². The fraction of sp³-hybridized carbons (Fsp3) is 0.417. The van der Waals surface area contributed by atoms with Crippen molar-refractivity contribution in [2.45, 2.75) is 51.6 Å². The number of benzene rings is 2. The Bertz CT molecular complexity index is 860. The SMILES string of the molecule is CC[C@H](C)NC(=O)[C@H](C)N(Cc1ccc(OC)cc1)C(=O)CSCc1cccc(Cl)c1. The summed E-state index contributed by atoms with van der Waals surface area (Å²) in [5.74, 6) is 1.49. The predicted molar refractivity (Wildman–Crippen MR) is 129 cm³/mol. The molecule has 0 saturated carbocycles. The number of ether oxygens (including phenoxy) is 1. The highest BCUT2D eigenvalue weighted by Crippen LogP contribution is 2.19. The maximum absolute atomic E-state index is 13.1. The standard InChI is InChI=1S/C24H31ClN2O3S/c1-5-17(2)26-24(29)18(3)27(14-19-9-11-22(30-4)12-10-19)23(28)16-31-15-20-7-6-8-21(25)13-20/h6-13,17-18H,5,14-16H2,1-4H3,(H,26,29)/t17-,18-/m0/s1. The van der Waals surface area contributed by atoms with Crippen LogP contribution in [0.2, 0.25) is 5.02 Å². The maximum Gasteiger partial charge on any atom is 0.242 e. The molecule has 31 heavy (non-hydrogen) atoms. The van der Waals surface area contributed by atoms with Crippen LogP contribution in [-0.4, -0.2) is 41.7 Å². The molecule has 0 spiro atoms. The van der Waals surface area contributed by atoms with E-state index in [4.69, 9.17) is 16.3 Å². The lowest BCUT2D eigenvalue weighted by Crippen LogP contribution is -2.50. The number of halogens is 1. The van der Waals surface area contributed by atoms with Crippen LogP contribution < -0.4 is 10.1 Å². The summed E-state index contributed by atoms with van der Waals surface area (Å²) in [6, 6.07) is 14.6. The van der Waals surface area contributed by atoms with Gasteiger partial charge < -0.3 is 15.0 Å². The molecule has 0 aliphatic heterocycles. The van der Waals surface area contributed by atoms with Crippen LogP contribution in [-0.2, 0) is 21.9 Å². The highest BCUT2D eigenvalue weighted by Gasteiger charge is 2.26. The van der Waals surface area contributed by atoms with Crippen molar-refractivity contribution < 1.29 is 14.3 Å². The Balaban J connectivity index is 2.08. The van der Waals surface area contributed by atoms with E-state index in [2.05, 4.69) is 5.32 Å². The second-order valence-electron chi connectivity index (χ2n) is 7.49. The van der Waals surface area contributed by atoms with E-state index in [0.29, 0.717) is 17.3 Å². The molecule has 0 bridgehead atoms. The van der Waals surface area contributed by atoms with Crippen molar-refractivity contribution in [3.63, 3.8) is 0 Å². The van der Waals surface area contributed by atoms with E-state index in [9.17, 15) is 9.59 Å². The van der Waals surface area contributed by atoms with Crippen molar-refractivity contribution >= 4 is 35.2 Å². The molecular formula is C24H31ClN2O3S. The molecule has 7 heteroatoms. The van der Waals surface area contributed by atoms with Gasteiger partial charge in [0.15, 0.2) is 0 Å². The maximum atomic E-state index is 13.1. The summed E-state index contributed by atoms with van der Waals surface area (Å²) in [6.07, 6.45) is 0.834. The molecule has 0 heterocycles. The Morgan fingerprint density at radius 3 is 2.45 bits per heavy atom. The summed E-state index contributed by atoms with van der Waals surface area (Å²) in [5, 5.41) is 3.66. The lowest BCUT2D eigenvalue weighted by atomic mass is 10.1. The summed E-state index contributed by atoms with van der Waals surface area (Å²) in [4.78, 5) is 27.5. The molecular weight excluding hydrogens is 432 g/mol. The van der Waals surface area contributed by atoms with Gasteiger partial charge in [-0.2, -0.15) is 0 Å². The smallest absolute Gasteiger partial charge is 0.242 e. The molecule has 2 amide bonds. The van der Waals surface area contributed by atoms with Gasteiger partial charge in [-0.25, -0.2) is 0 Å². The molecule has 2 rings (SSSR count). The average Bonchev–Trinajstić information content (AvgIpc) is 2.77. The molecule has 0 aliphatic rings. The van der Waals surface area contributed by atoms with Gasteiger partial charge in [-0.15, -0.1) is 11.8 Å². The highest BCUT2D eigenvalue weighted by atomic mass is 35.5. The molecule has 5 nitrogen and oxygen atoms in total. The summed E-state index contributed by atoms with van der Waals surface area (Å²) in [6.45, 7) is 6.11. The molecule has 0 saturated heterocycles. The van der Waals surface area contributed by atoms with E-state index in [0.717, 1.165) is 23.3 Å². The van der Waals surface area contributed by atoms with E-state index in [1.165, 1.54) is 11.8 Å². The monoisotopic (exact) mass is 462 g/mol. The van der Waals surface area contributed by atoms with E-state index >= 15 is 0 Å². The van der Waals surface area contributed by atoms with Gasteiger partial charge in [-0.1, -0.05) is 42.8 Å². The molecule has 2 atom stereocenters. The van der Waals surface area contributed by atoms with Crippen LogP contribution >= 0.6 is 23.4 Å². The van der Waals surface area contributed by atoms with Gasteiger partial charge in [-0.3, -0.25) is 9.59 Å². The van der Waals surface area contributed by atoms with Crippen molar-refractivity contribution in [1.82, 2.24) is 10.2 Å². The minimum absolute atomic E-state index is 0.0603. The fourth-order valence-corrected chi connectivity index (χ4v) is 4.01. The van der Waals surface area contributed by atoms with Crippen molar-refractivity contribution in [2.75, 3.05) is 12.9 Å². The number of hydrogen-bond acceptors (Lipinski definition) is 4. The number of methoxy groups -OCH3 is 1. The first-order valence-electron chi connectivity index (χ1n) is 10.4. The zero-order valence-electron chi connectivity index (χ0n) is 18.6. The third-order valence-electron chi connectivity index (χ3n) is 5.06. The van der Waals surface area contributed by atoms with Crippen LogP contribution in [0.15, 0.2) is 48.5 Å². The largest absolute Gasteiger partial charge is 0.497 e. The molecule has 0 unspecified atom stereocenters. The van der Waals surface area contributed by atoms with Crippen molar-refractivity contribution in [3.8, 4) is 5.75 Å². The first-order chi connectivity index (χ1) is 14.8. The number of nitrogens with zero attached hydrogens (tertiary/aromatic N) is 1. The minimum atomic E-state index is -0.574. The summed E-state index contributed by atoms with van der Waals surface area (Å²) in [7, 11) is 1.61. The second-order valence-corrected chi connectivity index (χ2v) is 8.91. The predicted octanol–water partition coefficient (Wildman–Crippen LogP) is 4.91. The zero-order valence-corrected chi connectivity index (χ0v) is 20.1.